The zero-order chi connectivity index (χ0) is 14.1. The van der Waals surface area contributed by atoms with E-state index in [-0.39, 0.29) is 0 Å². The van der Waals surface area contributed by atoms with Gasteiger partial charge >= 0.3 is 0 Å². The zero-order valence-corrected chi connectivity index (χ0v) is 12.5. The van der Waals surface area contributed by atoms with Crippen molar-refractivity contribution >= 4 is 11.6 Å². The van der Waals surface area contributed by atoms with Crippen LogP contribution in [0.3, 0.4) is 0 Å². The Bertz CT molecular complexity index is 357. The third kappa shape index (κ3) is 5.87. The molecule has 5 heteroatoms. The number of methoxy groups -OCH3 is 1. The van der Waals surface area contributed by atoms with Crippen LogP contribution in [0.2, 0.25) is 0 Å². The van der Waals surface area contributed by atoms with Crippen LogP contribution in [0.5, 0.6) is 0 Å². The first kappa shape index (κ1) is 15.7. The monoisotopic (exact) mass is 266 g/mol. The molecule has 0 saturated heterocycles. The Morgan fingerprint density at radius 1 is 1.37 bits per heavy atom. The van der Waals surface area contributed by atoms with E-state index in [1.807, 2.05) is 6.20 Å². The first-order chi connectivity index (χ1) is 9.17. The highest BCUT2D eigenvalue weighted by atomic mass is 16.5. The van der Waals surface area contributed by atoms with E-state index in [1.165, 1.54) is 0 Å². The average Bonchev–Trinajstić information content (AvgIpc) is 2.41. The van der Waals surface area contributed by atoms with E-state index < -0.39 is 0 Å². The van der Waals surface area contributed by atoms with Crippen LogP contribution in [-0.2, 0) is 4.74 Å². The molecule has 1 heterocycles. The van der Waals surface area contributed by atoms with Gasteiger partial charge in [0, 0.05) is 26.7 Å². The maximum Gasteiger partial charge on any atom is 0.149 e. The van der Waals surface area contributed by atoms with Crippen molar-refractivity contribution in [3.8, 4) is 0 Å². The maximum absolute atomic E-state index is 5.17. The Balaban J connectivity index is 2.75. The van der Waals surface area contributed by atoms with Gasteiger partial charge in [0.05, 0.1) is 19.0 Å². The molecule has 0 radical (unpaired) electrons. The second-order valence-corrected chi connectivity index (χ2v) is 5.02. The van der Waals surface area contributed by atoms with Crippen molar-refractivity contribution in [3.05, 3.63) is 12.4 Å². The van der Waals surface area contributed by atoms with Gasteiger partial charge in [-0.3, -0.25) is 4.98 Å². The summed E-state index contributed by atoms with van der Waals surface area (Å²) in [6, 6.07) is 0. The predicted molar refractivity (Wildman–Crippen MR) is 79.7 cm³/mol. The van der Waals surface area contributed by atoms with Gasteiger partial charge in [0.2, 0.25) is 0 Å². The number of ether oxygens (including phenoxy) is 1. The summed E-state index contributed by atoms with van der Waals surface area (Å²) >= 11 is 0. The summed E-state index contributed by atoms with van der Waals surface area (Å²) in [5.41, 5.74) is 0. The standard InChI is InChI=1S/C14H26N4O/c1-5-6-16-13-9-15-10-14(17-13)18(7-8-19-4)11-12(2)3/h9-10,12H,5-8,11H2,1-4H3,(H,16,17). The van der Waals surface area contributed by atoms with Crippen molar-refractivity contribution in [1.82, 2.24) is 9.97 Å². The van der Waals surface area contributed by atoms with Gasteiger partial charge < -0.3 is 15.0 Å². The largest absolute Gasteiger partial charge is 0.383 e. The minimum atomic E-state index is 0.575. The van der Waals surface area contributed by atoms with Gasteiger partial charge in [-0.05, 0) is 12.3 Å². The Kier molecular flexibility index (Phi) is 7.18. The molecule has 0 amide bonds. The second-order valence-electron chi connectivity index (χ2n) is 5.02. The summed E-state index contributed by atoms with van der Waals surface area (Å²) in [5, 5.41) is 3.27. The molecule has 0 saturated carbocycles. The SMILES string of the molecule is CCCNc1cncc(N(CCOC)CC(C)C)n1. The van der Waals surface area contributed by atoms with E-state index in [4.69, 9.17) is 4.74 Å². The quantitative estimate of drug-likeness (QED) is 0.744. The molecule has 0 unspecified atom stereocenters. The molecule has 0 aliphatic carbocycles. The summed E-state index contributed by atoms with van der Waals surface area (Å²) < 4.78 is 5.17. The van der Waals surface area contributed by atoms with E-state index >= 15 is 0 Å². The number of rotatable bonds is 9. The van der Waals surface area contributed by atoms with Gasteiger partial charge in [0.1, 0.15) is 11.6 Å². The van der Waals surface area contributed by atoms with Crippen LogP contribution in [0.4, 0.5) is 11.6 Å². The lowest BCUT2D eigenvalue weighted by Gasteiger charge is -2.25. The maximum atomic E-state index is 5.17. The van der Waals surface area contributed by atoms with E-state index in [0.717, 1.165) is 37.7 Å². The molecule has 5 nitrogen and oxygen atoms in total. The molecule has 1 aromatic rings. The molecule has 0 bridgehead atoms. The van der Waals surface area contributed by atoms with Gasteiger partial charge in [-0.15, -0.1) is 0 Å². The Labute approximate surface area is 116 Å². The predicted octanol–water partition coefficient (Wildman–Crippen LogP) is 2.41. The molecule has 1 rings (SSSR count). The topological polar surface area (TPSA) is 50.3 Å². The summed E-state index contributed by atoms with van der Waals surface area (Å²) in [6.45, 7) is 9.93. The number of hydrogen-bond acceptors (Lipinski definition) is 5. The number of aromatic nitrogens is 2. The average molecular weight is 266 g/mol. The van der Waals surface area contributed by atoms with E-state index in [0.29, 0.717) is 12.5 Å². The molecular formula is C14H26N4O. The number of nitrogens with zero attached hydrogens (tertiary/aromatic N) is 3. The first-order valence-corrected chi connectivity index (χ1v) is 6.97. The van der Waals surface area contributed by atoms with Crippen molar-refractivity contribution in [3.63, 3.8) is 0 Å². The fourth-order valence-corrected chi connectivity index (χ4v) is 1.79. The molecule has 19 heavy (non-hydrogen) atoms. The van der Waals surface area contributed by atoms with Gasteiger partial charge in [-0.2, -0.15) is 0 Å². The zero-order valence-electron chi connectivity index (χ0n) is 12.5. The molecule has 108 valence electrons. The van der Waals surface area contributed by atoms with Gasteiger partial charge in [-0.1, -0.05) is 20.8 Å². The third-order valence-electron chi connectivity index (χ3n) is 2.65. The van der Waals surface area contributed by atoms with Crippen LogP contribution in [0, 0.1) is 5.92 Å². The van der Waals surface area contributed by atoms with Crippen LogP contribution in [0.15, 0.2) is 12.4 Å². The second kappa shape index (κ2) is 8.69. The molecule has 0 spiro atoms. The normalized spacial score (nSPS) is 10.8. The molecule has 0 aliphatic rings. The van der Waals surface area contributed by atoms with E-state index in [2.05, 4.69) is 41.0 Å². The third-order valence-corrected chi connectivity index (χ3v) is 2.65. The smallest absolute Gasteiger partial charge is 0.149 e. The fourth-order valence-electron chi connectivity index (χ4n) is 1.79. The van der Waals surface area contributed by atoms with Crippen molar-refractivity contribution in [1.29, 1.82) is 0 Å². The number of anilines is 2. The summed E-state index contributed by atoms with van der Waals surface area (Å²) in [7, 11) is 1.72. The number of hydrogen-bond donors (Lipinski definition) is 1. The van der Waals surface area contributed by atoms with Gasteiger partial charge in [0.25, 0.3) is 0 Å². The van der Waals surface area contributed by atoms with Crippen LogP contribution in [-0.4, -0.2) is 43.3 Å². The Morgan fingerprint density at radius 2 is 2.16 bits per heavy atom. The molecule has 0 fully saturated rings. The fraction of sp³-hybridized carbons (Fsp3) is 0.714. The summed E-state index contributed by atoms with van der Waals surface area (Å²) in [5.74, 6) is 2.32. The molecule has 1 N–H and O–H groups in total. The highest BCUT2D eigenvalue weighted by Crippen LogP contribution is 2.14. The summed E-state index contributed by atoms with van der Waals surface area (Å²) in [4.78, 5) is 11.1. The van der Waals surface area contributed by atoms with Crippen molar-refractivity contribution in [2.45, 2.75) is 27.2 Å². The van der Waals surface area contributed by atoms with Gasteiger partial charge in [-0.25, -0.2) is 4.98 Å². The van der Waals surface area contributed by atoms with Crippen molar-refractivity contribution < 1.29 is 4.74 Å². The lowest BCUT2D eigenvalue weighted by Crippen LogP contribution is -2.32. The van der Waals surface area contributed by atoms with Crippen molar-refractivity contribution in [2.24, 2.45) is 5.92 Å². The van der Waals surface area contributed by atoms with E-state index in [1.54, 1.807) is 13.3 Å². The molecule has 1 aromatic heterocycles. The van der Waals surface area contributed by atoms with E-state index in [9.17, 15) is 0 Å². The minimum Gasteiger partial charge on any atom is -0.383 e. The van der Waals surface area contributed by atoms with Crippen LogP contribution < -0.4 is 10.2 Å². The first-order valence-electron chi connectivity index (χ1n) is 6.97. The van der Waals surface area contributed by atoms with Crippen LogP contribution in [0.25, 0.3) is 0 Å². The highest BCUT2D eigenvalue weighted by Gasteiger charge is 2.10. The highest BCUT2D eigenvalue weighted by molar-refractivity contribution is 5.43. The number of nitrogens with one attached hydrogen (secondary N) is 1. The van der Waals surface area contributed by atoms with Crippen molar-refractivity contribution in [2.75, 3.05) is 43.6 Å². The van der Waals surface area contributed by atoms with Crippen LogP contribution >= 0.6 is 0 Å². The van der Waals surface area contributed by atoms with Crippen LogP contribution in [0.1, 0.15) is 27.2 Å². The lowest BCUT2D eigenvalue weighted by atomic mass is 10.2. The lowest BCUT2D eigenvalue weighted by molar-refractivity contribution is 0.204. The molecule has 0 aliphatic heterocycles. The van der Waals surface area contributed by atoms with Gasteiger partial charge in [0.15, 0.2) is 0 Å². The Hall–Kier alpha value is -1.36. The molecular weight excluding hydrogens is 240 g/mol. The molecule has 0 aromatic carbocycles. The Morgan fingerprint density at radius 3 is 2.79 bits per heavy atom. The minimum absolute atomic E-state index is 0.575. The molecule has 0 atom stereocenters. The summed E-state index contributed by atoms with van der Waals surface area (Å²) in [6.07, 6.45) is 4.66.